The van der Waals surface area contributed by atoms with Gasteiger partial charge in [0.1, 0.15) is 17.4 Å². The molecular weight excluding hydrogens is 430 g/mol. The third-order valence-electron chi connectivity index (χ3n) is 5.52. The van der Waals surface area contributed by atoms with E-state index >= 15 is 0 Å². The molecular formula is C20H24F2N4O4S. The molecule has 0 aliphatic carbocycles. The molecule has 2 fully saturated rings. The Morgan fingerprint density at radius 2 is 1.97 bits per heavy atom. The molecule has 2 aromatic rings. The lowest BCUT2D eigenvalue weighted by atomic mass is 9.99. The van der Waals surface area contributed by atoms with Gasteiger partial charge in [0.05, 0.1) is 12.0 Å². The molecule has 1 aromatic heterocycles. The zero-order valence-electron chi connectivity index (χ0n) is 16.7. The summed E-state index contributed by atoms with van der Waals surface area (Å²) in [6.45, 7) is 1.03. The van der Waals surface area contributed by atoms with Crippen LogP contribution in [0.4, 0.5) is 8.78 Å². The molecule has 0 bridgehead atoms. The fraction of sp³-hybridized carbons (Fsp3) is 0.450. The molecule has 4 rings (SSSR count). The van der Waals surface area contributed by atoms with Crippen LogP contribution < -0.4 is 16.2 Å². The van der Waals surface area contributed by atoms with E-state index in [1.165, 1.54) is 10.4 Å². The fourth-order valence-corrected chi connectivity index (χ4v) is 5.35. The Kier molecular flexibility index (Phi) is 6.37. The van der Waals surface area contributed by atoms with Crippen LogP contribution in [0.15, 0.2) is 39.8 Å². The highest BCUT2D eigenvalue weighted by molar-refractivity contribution is 7.89. The number of piperidine rings is 1. The van der Waals surface area contributed by atoms with Gasteiger partial charge in [-0.05, 0) is 49.1 Å². The average Bonchev–Trinajstić information content (AvgIpc) is 3.43. The van der Waals surface area contributed by atoms with E-state index in [9.17, 15) is 22.0 Å². The van der Waals surface area contributed by atoms with Crippen LogP contribution in [0, 0.1) is 17.6 Å². The summed E-state index contributed by atoms with van der Waals surface area (Å²) in [7, 11) is -3.88. The Morgan fingerprint density at radius 3 is 2.68 bits per heavy atom. The van der Waals surface area contributed by atoms with Crippen molar-refractivity contribution < 1.29 is 26.4 Å². The standard InChI is InChI=1S/C20H24F2N4O4S/c21-15-8-13(9-16(22)10-15)11-23-20(27)14-2-1-7-26(12-14)31(28,29)19-4-3-18(30-19)17-5-6-24-25-17/h3-4,8-10,14,17,24-25H,1-2,5-7,11-12H2,(H,23,27). The molecule has 31 heavy (non-hydrogen) atoms. The molecule has 2 saturated heterocycles. The summed E-state index contributed by atoms with van der Waals surface area (Å²) in [5.41, 5.74) is 6.29. The number of nitrogens with one attached hydrogen (secondary N) is 3. The van der Waals surface area contributed by atoms with Gasteiger partial charge in [-0.25, -0.2) is 22.6 Å². The van der Waals surface area contributed by atoms with E-state index in [-0.39, 0.29) is 30.1 Å². The van der Waals surface area contributed by atoms with E-state index in [0.717, 1.165) is 31.2 Å². The minimum atomic E-state index is -3.88. The van der Waals surface area contributed by atoms with E-state index in [2.05, 4.69) is 16.2 Å². The van der Waals surface area contributed by atoms with Crippen LogP contribution in [0.25, 0.3) is 0 Å². The third kappa shape index (κ3) is 4.95. The molecule has 2 atom stereocenters. The van der Waals surface area contributed by atoms with E-state index in [0.29, 0.717) is 30.7 Å². The minimum Gasteiger partial charge on any atom is -0.447 e. The molecule has 1 aromatic carbocycles. The summed E-state index contributed by atoms with van der Waals surface area (Å²) < 4.78 is 59.5. The van der Waals surface area contributed by atoms with Crippen molar-refractivity contribution in [3.8, 4) is 0 Å². The van der Waals surface area contributed by atoms with Crippen molar-refractivity contribution in [1.29, 1.82) is 0 Å². The zero-order chi connectivity index (χ0) is 22.0. The van der Waals surface area contributed by atoms with Gasteiger partial charge in [-0.3, -0.25) is 10.2 Å². The number of hydrogen-bond acceptors (Lipinski definition) is 6. The summed E-state index contributed by atoms with van der Waals surface area (Å²) in [6.07, 6.45) is 1.83. The first-order valence-electron chi connectivity index (χ1n) is 10.1. The van der Waals surface area contributed by atoms with Crippen molar-refractivity contribution in [1.82, 2.24) is 20.5 Å². The monoisotopic (exact) mass is 454 g/mol. The summed E-state index contributed by atoms with van der Waals surface area (Å²) in [5, 5.41) is 2.50. The number of nitrogens with zero attached hydrogens (tertiary/aromatic N) is 1. The Labute approximate surface area is 179 Å². The first kappa shape index (κ1) is 21.9. The zero-order valence-corrected chi connectivity index (χ0v) is 17.6. The predicted molar refractivity (Wildman–Crippen MR) is 107 cm³/mol. The number of furan rings is 1. The van der Waals surface area contributed by atoms with Crippen LogP contribution in [0.5, 0.6) is 0 Å². The van der Waals surface area contributed by atoms with Gasteiger partial charge < -0.3 is 9.73 Å². The van der Waals surface area contributed by atoms with E-state index in [1.54, 1.807) is 6.07 Å². The quantitative estimate of drug-likeness (QED) is 0.615. The minimum absolute atomic E-state index is 0.0188. The fourth-order valence-electron chi connectivity index (χ4n) is 3.91. The molecule has 0 spiro atoms. The summed E-state index contributed by atoms with van der Waals surface area (Å²) in [4.78, 5) is 12.6. The van der Waals surface area contributed by atoms with Crippen LogP contribution in [0.1, 0.15) is 36.6 Å². The molecule has 168 valence electrons. The number of halogens is 2. The van der Waals surface area contributed by atoms with Crippen molar-refractivity contribution in [3.05, 3.63) is 53.3 Å². The van der Waals surface area contributed by atoms with Crippen molar-refractivity contribution in [2.45, 2.75) is 36.9 Å². The second kappa shape index (κ2) is 9.03. The lowest BCUT2D eigenvalue weighted by molar-refractivity contribution is -0.126. The lowest BCUT2D eigenvalue weighted by Gasteiger charge is -2.30. The maximum atomic E-state index is 13.3. The number of carbonyl (C=O) groups excluding carboxylic acids is 1. The Balaban J connectivity index is 1.39. The predicted octanol–water partition coefficient (Wildman–Crippen LogP) is 1.81. The largest absolute Gasteiger partial charge is 0.447 e. The average molecular weight is 454 g/mol. The van der Waals surface area contributed by atoms with Crippen LogP contribution in [0.2, 0.25) is 0 Å². The second-order valence-electron chi connectivity index (χ2n) is 7.77. The van der Waals surface area contributed by atoms with Crippen molar-refractivity contribution in [3.63, 3.8) is 0 Å². The van der Waals surface area contributed by atoms with Gasteiger partial charge >= 0.3 is 0 Å². The highest BCUT2D eigenvalue weighted by atomic mass is 32.2. The van der Waals surface area contributed by atoms with E-state index in [1.807, 2.05) is 0 Å². The smallest absolute Gasteiger partial charge is 0.276 e. The lowest BCUT2D eigenvalue weighted by Crippen LogP contribution is -2.45. The van der Waals surface area contributed by atoms with Crippen LogP contribution in [-0.4, -0.2) is 38.3 Å². The summed E-state index contributed by atoms with van der Waals surface area (Å²) >= 11 is 0. The highest BCUT2D eigenvalue weighted by Gasteiger charge is 2.35. The second-order valence-corrected chi connectivity index (χ2v) is 9.64. The molecule has 2 aliphatic heterocycles. The normalized spacial score (nSPS) is 22.5. The Bertz CT molecular complexity index is 1030. The van der Waals surface area contributed by atoms with Crippen molar-refractivity contribution in [2.24, 2.45) is 5.92 Å². The van der Waals surface area contributed by atoms with Gasteiger partial charge in [0.15, 0.2) is 0 Å². The number of benzene rings is 1. The molecule has 0 saturated carbocycles. The molecule has 0 radical (unpaired) electrons. The van der Waals surface area contributed by atoms with Crippen LogP contribution >= 0.6 is 0 Å². The van der Waals surface area contributed by atoms with Gasteiger partial charge in [-0.2, -0.15) is 4.31 Å². The van der Waals surface area contributed by atoms with Crippen LogP contribution in [-0.2, 0) is 21.4 Å². The Hall–Kier alpha value is -2.34. The van der Waals surface area contributed by atoms with Crippen molar-refractivity contribution in [2.75, 3.05) is 19.6 Å². The molecule has 3 N–H and O–H groups in total. The molecule has 11 heteroatoms. The number of carbonyl (C=O) groups is 1. The third-order valence-corrected chi connectivity index (χ3v) is 7.26. The molecule has 1 amide bonds. The van der Waals surface area contributed by atoms with Crippen molar-refractivity contribution >= 4 is 15.9 Å². The maximum Gasteiger partial charge on any atom is 0.276 e. The van der Waals surface area contributed by atoms with Gasteiger partial charge in [0.2, 0.25) is 11.0 Å². The van der Waals surface area contributed by atoms with Gasteiger partial charge in [-0.15, -0.1) is 0 Å². The SMILES string of the molecule is O=C(NCc1cc(F)cc(F)c1)C1CCCN(S(=O)(=O)c2ccc(C3CCNN3)o2)C1. The maximum absolute atomic E-state index is 13.3. The van der Waals surface area contributed by atoms with Gasteiger partial charge in [-0.1, -0.05) is 0 Å². The van der Waals surface area contributed by atoms with Gasteiger partial charge in [0.25, 0.3) is 10.0 Å². The molecule has 2 unspecified atom stereocenters. The van der Waals surface area contributed by atoms with E-state index < -0.39 is 27.6 Å². The molecule has 2 aliphatic rings. The van der Waals surface area contributed by atoms with E-state index in [4.69, 9.17) is 4.42 Å². The first-order valence-corrected chi connectivity index (χ1v) is 11.6. The van der Waals surface area contributed by atoms with Crippen LogP contribution in [0.3, 0.4) is 0 Å². The molecule has 3 heterocycles. The number of rotatable bonds is 6. The highest BCUT2D eigenvalue weighted by Crippen LogP contribution is 2.28. The number of sulfonamides is 1. The Morgan fingerprint density at radius 1 is 1.19 bits per heavy atom. The number of hydrazine groups is 1. The molecule has 8 nitrogen and oxygen atoms in total. The topological polar surface area (TPSA) is 104 Å². The van der Waals surface area contributed by atoms with Gasteiger partial charge in [0, 0.05) is 32.2 Å². The summed E-state index contributed by atoms with van der Waals surface area (Å²) in [5.74, 6) is -1.82. The summed E-state index contributed by atoms with van der Waals surface area (Å²) in [6, 6.07) is 6.04. The number of hydrogen-bond donors (Lipinski definition) is 3. The number of amides is 1. The first-order chi connectivity index (χ1) is 14.8.